The van der Waals surface area contributed by atoms with Crippen molar-refractivity contribution in [3.8, 4) is 11.3 Å². The van der Waals surface area contributed by atoms with E-state index in [0.29, 0.717) is 23.6 Å². The normalized spacial score (nSPS) is 16.3. The molecule has 1 atom stereocenters. The van der Waals surface area contributed by atoms with Crippen LogP contribution in [-0.2, 0) is 7.05 Å². The molecule has 1 aliphatic rings. The Morgan fingerprint density at radius 3 is 2.85 bits per heavy atom. The van der Waals surface area contributed by atoms with Crippen LogP contribution in [0.3, 0.4) is 0 Å². The number of hydrogen-bond acceptors (Lipinski definition) is 6. The van der Waals surface area contributed by atoms with Crippen molar-refractivity contribution in [1.82, 2.24) is 25.3 Å². The number of aromatic nitrogens is 4. The highest BCUT2D eigenvalue weighted by molar-refractivity contribution is 7.19. The zero-order valence-corrected chi connectivity index (χ0v) is 19.6. The molecule has 1 amide bonds. The van der Waals surface area contributed by atoms with Crippen LogP contribution in [0.1, 0.15) is 33.6 Å². The first-order valence-corrected chi connectivity index (χ1v) is 11.8. The lowest BCUT2D eigenvalue weighted by Crippen LogP contribution is -2.49. The molecule has 33 heavy (non-hydrogen) atoms. The first-order valence-electron chi connectivity index (χ1n) is 11.0. The van der Waals surface area contributed by atoms with Gasteiger partial charge in [-0.05, 0) is 57.0 Å². The second kappa shape index (κ2) is 8.64. The zero-order chi connectivity index (χ0) is 23.1. The summed E-state index contributed by atoms with van der Waals surface area (Å²) in [5.41, 5.74) is 2.27. The number of hydrogen-bond donors (Lipinski definition) is 1. The Morgan fingerprint density at radius 2 is 2.15 bits per heavy atom. The monoisotopic (exact) mass is 464 g/mol. The molecule has 0 spiro atoms. The summed E-state index contributed by atoms with van der Waals surface area (Å²) in [5, 5.41) is 12.3. The molecular weight excluding hydrogens is 439 g/mol. The lowest BCUT2D eigenvalue weighted by atomic mass is 10.0. The van der Waals surface area contributed by atoms with Gasteiger partial charge in [0, 0.05) is 40.3 Å². The summed E-state index contributed by atoms with van der Waals surface area (Å²) >= 11 is 1.69. The standard InChI is InChI=1S/C24H25FN6OS/c1-14-15(2)33-21-8-10-27-23(22(14)21)31(17-5-4-9-26-12-17)24(32)18-7-6-16(11-19(18)25)20-13-30(3)29-28-20/h6-8,10-11,13,17,26H,4-5,9,12H2,1-3H3/t17-/m1/s1. The van der Waals surface area contributed by atoms with Gasteiger partial charge in [0.05, 0.1) is 17.8 Å². The van der Waals surface area contributed by atoms with Crippen LogP contribution in [0.4, 0.5) is 10.2 Å². The molecule has 1 saturated heterocycles. The number of carbonyl (C=O) groups is 1. The van der Waals surface area contributed by atoms with Gasteiger partial charge in [-0.25, -0.2) is 9.37 Å². The SMILES string of the molecule is Cc1sc2ccnc(N(C(=O)c3ccc(-c4cn(C)nn4)cc3F)[C@@H]3CCCNC3)c2c1C. The van der Waals surface area contributed by atoms with Crippen molar-refractivity contribution in [2.75, 3.05) is 18.0 Å². The maximum absolute atomic E-state index is 15.3. The van der Waals surface area contributed by atoms with Gasteiger partial charge in [-0.1, -0.05) is 11.3 Å². The Bertz CT molecular complexity index is 1340. The molecule has 0 bridgehead atoms. The van der Waals surface area contributed by atoms with Crippen molar-refractivity contribution in [2.45, 2.75) is 32.7 Å². The largest absolute Gasteiger partial charge is 0.315 e. The van der Waals surface area contributed by atoms with E-state index in [1.807, 2.05) is 6.07 Å². The fraction of sp³-hybridized carbons (Fsp3) is 0.333. The highest BCUT2D eigenvalue weighted by Crippen LogP contribution is 2.37. The fourth-order valence-electron chi connectivity index (χ4n) is 4.42. The lowest BCUT2D eigenvalue weighted by Gasteiger charge is -2.34. The first-order chi connectivity index (χ1) is 15.9. The van der Waals surface area contributed by atoms with E-state index in [4.69, 9.17) is 0 Å². The smallest absolute Gasteiger partial charge is 0.262 e. The quantitative estimate of drug-likeness (QED) is 0.489. The minimum Gasteiger partial charge on any atom is -0.315 e. The van der Waals surface area contributed by atoms with Crippen LogP contribution in [0.5, 0.6) is 0 Å². The van der Waals surface area contributed by atoms with Crippen LogP contribution in [0.25, 0.3) is 21.3 Å². The van der Waals surface area contributed by atoms with E-state index < -0.39 is 5.82 Å². The van der Waals surface area contributed by atoms with E-state index in [2.05, 4.69) is 34.5 Å². The second-order valence-electron chi connectivity index (χ2n) is 8.44. The number of thiophene rings is 1. The molecule has 4 heterocycles. The number of fused-ring (bicyclic) bond motifs is 1. The van der Waals surface area contributed by atoms with E-state index in [-0.39, 0.29) is 17.5 Å². The number of carbonyl (C=O) groups excluding carboxylic acids is 1. The van der Waals surface area contributed by atoms with E-state index in [9.17, 15) is 4.79 Å². The molecular formula is C24H25FN6OS. The molecule has 170 valence electrons. The maximum atomic E-state index is 15.3. The molecule has 4 aromatic rings. The predicted octanol–water partition coefficient (Wildman–Crippen LogP) is 4.25. The highest BCUT2D eigenvalue weighted by Gasteiger charge is 2.32. The minimum absolute atomic E-state index is 0.0246. The van der Waals surface area contributed by atoms with Crippen LogP contribution >= 0.6 is 11.3 Å². The van der Waals surface area contributed by atoms with Gasteiger partial charge in [0.1, 0.15) is 17.3 Å². The molecule has 1 fully saturated rings. The lowest BCUT2D eigenvalue weighted by molar-refractivity contribution is 0.0968. The third-order valence-electron chi connectivity index (χ3n) is 6.24. The van der Waals surface area contributed by atoms with Gasteiger partial charge in [-0.3, -0.25) is 14.4 Å². The van der Waals surface area contributed by atoms with Crippen molar-refractivity contribution >= 4 is 33.1 Å². The van der Waals surface area contributed by atoms with E-state index in [1.165, 1.54) is 17.0 Å². The number of amides is 1. The number of anilines is 1. The molecule has 7 nitrogen and oxygen atoms in total. The Hall–Kier alpha value is -3.17. The van der Waals surface area contributed by atoms with Gasteiger partial charge in [0.2, 0.25) is 0 Å². The molecule has 0 saturated carbocycles. The Balaban J connectivity index is 1.60. The Labute approximate surface area is 195 Å². The topological polar surface area (TPSA) is 75.9 Å². The summed E-state index contributed by atoms with van der Waals surface area (Å²) in [7, 11) is 1.75. The van der Waals surface area contributed by atoms with Gasteiger partial charge < -0.3 is 5.32 Å². The van der Waals surface area contributed by atoms with Crippen molar-refractivity contribution in [3.63, 3.8) is 0 Å². The summed E-state index contributed by atoms with van der Waals surface area (Å²) in [4.78, 5) is 21.4. The molecule has 9 heteroatoms. The number of rotatable bonds is 4. The van der Waals surface area contributed by atoms with Crippen molar-refractivity contribution < 1.29 is 9.18 Å². The maximum Gasteiger partial charge on any atom is 0.262 e. The average molecular weight is 465 g/mol. The van der Waals surface area contributed by atoms with Gasteiger partial charge in [0.15, 0.2) is 0 Å². The second-order valence-corrected chi connectivity index (χ2v) is 9.69. The molecule has 0 radical (unpaired) electrons. The first kappa shape index (κ1) is 21.7. The van der Waals surface area contributed by atoms with Crippen LogP contribution < -0.4 is 10.2 Å². The third kappa shape index (κ3) is 3.91. The molecule has 0 aliphatic carbocycles. The molecule has 1 aromatic carbocycles. The average Bonchev–Trinajstić information content (AvgIpc) is 3.37. The molecule has 1 N–H and O–H groups in total. The van der Waals surface area contributed by atoms with Crippen LogP contribution in [0, 0.1) is 19.7 Å². The fourth-order valence-corrected chi connectivity index (χ4v) is 5.48. The predicted molar refractivity (Wildman–Crippen MR) is 128 cm³/mol. The third-order valence-corrected chi connectivity index (χ3v) is 7.41. The zero-order valence-electron chi connectivity index (χ0n) is 18.8. The molecule has 5 rings (SSSR count). The van der Waals surface area contributed by atoms with Gasteiger partial charge >= 0.3 is 0 Å². The van der Waals surface area contributed by atoms with Gasteiger partial charge in [-0.2, -0.15) is 0 Å². The number of halogens is 1. The number of piperidine rings is 1. The molecule has 1 aliphatic heterocycles. The van der Waals surface area contributed by atoms with Crippen LogP contribution in [0.15, 0.2) is 36.7 Å². The summed E-state index contributed by atoms with van der Waals surface area (Å²) in [6.45, 7) is 5.68. The van der Waals surface area contributed by atoms with Crippen molar-refractivity contribution in [2.24, 2.45) is 7.05 Å². The highest BCUT2D eigenvalue weighted by atomic mass is 32.1. The number of nitrogens with one attached hydrogen (secondary N) is 1. The number of benzene rings is 1. The van der Waals surface area contributed by atoms with E-state index >= 15 is 4.39 Å². The minimum atomic E-state index is -0.581. The van der Waals surface area contributed by atoms with Crippen LogP contribution in [-0.4, -0.2) is 45.0 Å². The van der Waals surface area contributed by atoms with Crippen LogP contribution in [0.2, 0.25) is 0 Å². The molecule has 0 unspecified atom stereocenters. The Morgan fingerprint density at radius 1 is 1.30 bits per heavy atom. The Kier molecular flexibility index (Phi) is 5.67. The summed E-state index contributed by atoms with van der Waals surface area (Å²) < 4.78 is 17.9. The summed E-state index contributed by atoms with van der Waals surface area (Å²) in [6.07, 6.45) is 5.22. The van der Waals surface area contributed by atoms with Gasteiger partial charge in [0.25, 0.3) is 5.91 Å². The summed E-state index contributed by atoms with van der Waals surface area (Å²) in [6, 6.07) is 6.47. The van der Waals surface area contributed by atoms with E-state index in [1.54, 1.807) is 46.4 Å². The van der Waals surface area contributed by atoms with Gasteiger partial charge in [-0.15, -0.1) is 16.4 Å². The number of pyridine rings is 1. The van der Waals surface area contributed by atoms with Crippen molar-refractivity contribution in [3.05, 3.63) is 58.5 Å². The number of nitrogens with zero attached hydrogens (tertiary/aromatic N) is 5. The van der Waals surface area contributed by atoms with Crippen molar-refractivity contribution in [1.29, 1.82) is 0 Å². The number of aryl methyl sites for hydroxylation is 3. The summed E-state index contributed by atoms with van der Waals surface area (Å²) in [5.74, 6) is -0.358. The molecule has 3 aromatic heterocycles. The van der Waals surface area contributed by atoms with E-state index in [0.717, 1.165) is 35.0 Å².